The molecule has 0 saturated heterocycles. The molecule has 0 aliphatic carbocycles. The number of halogens is 3. The zero-order valence-electron chi connectivity index (χ0n) is 8.66. The number of hydrogen-bond donors (Lipinski definition) is 0. The molecule has 2 rings (SSSR count). The Bertz CT molecular complexity index is 518. The van der Waals surface area contributed by atoms with E-state index >= 15 is 0 Å². The second kappa shape index (κ2) is 5.47. The molecule has 2 nitrogen and oxygen atoms in total. The first-order valence-electron chi connectivity index (χ1n) is 4.83. The van der Waals surface area contributed by atoms with Gasteiger partial charge in [0.25, 0.3) is 0 Å². The van der Waals surface area contributed by atoms with Crippen LogP contribution in [-0.2, 0) is 5.33 Å². The lowest BCUT2D eigenvalue weighted by atomic mass is 10.3. The van der Waals surface area contributed by atoms with Crippen molar-refractivity contribution in [2.24, 2.45) is 0 Å². The van der Waals surface area contributed by atoms with Gasteiger partial charge in [-0.2, -0.15) is 0 Å². The molecule has 0 aliphatic heterocycles. The zero-order valence-corrected chi connectivity index (χ0v) is 11.0. The highest BCUT2D eigenvalue weighted by molar-refractivity contribution is 9.08. The average Bonchev–Trinajstić information content (AvgIpc) is 2.35. The van der Waals surface area contributed by atoms with Crippen LogP contribution in [0.2, 0.25) is 5.02 Å². The Kier molecular flexibility index (Phi) is 3.97. The van der Waals surface area contributed by atoms with Crippen molar-refractivity contribution in [3.63, 3.8) is 0 Å². The van der Waals surface area contributed by atoms with Crippen molar-refractivity contribution < 1.29 is 9.13 Å². The predicted molar refractivity (Wildman–Crippen MR) is 68.4 cm³/mol. The SMILES string of the molecule is Fc1cc(Oc2ccc(CBr)cn2)ccc1Cl. The molecule has 88 valence electrons. The van der Waals surface area contributed by atoms with E-state index < -0.39 is 5.82 Å². The van der Waals surface area contributed by atoms with Crippen molar-refractivity contribution in [3.05, 3.63) is 52.9 Å². The van der Waals surface area contributed by atoms with E-state index in [1.54, 1.807) is 18.3 Å². The molecule has 5 heteroatoms. The number of alkyl halides is 1. The lowest BCUT2D eigenvalue weighted by Gasteiger charge is -2.05. The van der Waals surface area contributed by atoms with Gasteiger partial charge in [-0.15, -0.1) is 0 Å². The molecule has 0 aliphatic rings. The summed E-state index contributed by atoms with van der Waals surface area (Å²) < 4.78 is 18.6. The van der Waals surface area contributed by atoms with Gasteiger partial charge in [0, 0.05) is 23.7 Å². The fourth-order valence-electron chi connectivity index (χ4n) is 1.21. The van der Waals surface area contributed by atoms with Crippen LogP contribution >= 0.6 is 27.5 Å². The Labute approximate surface area is 112 Å². The monoisotopic (exact) mass is 315 g/mol. The Balaban J connectivity index is 2.16. The molecule has 0 radical (unpaired) electrons. The largest absolute Gasteiger partial charge is 0.439 e. The molecule has 0 N–H and O–H groups in total. The highest BCUT2D eigenvalue weighted by Crippen LogP contribution is 2.24. The van der Waals surface area contributed by atoms with Crippen LogP contribution in [-0.4, -0.2) is 4.98 Å². The van der Waals surface area contributed by atoms with Gasteiger partial charge in [0.05, 0.1) is 5.02 Å². The van der Waals surface area contributed by atoms with Crippen LogP contribution in [0, 0.1) is 5.82 Å². The quantitative estimate of drug-likeness (QED) is 0.774. The number of rotatable bonds is 3. The number of hydrogen-bond acceptors (Lipinski definition) is 2. The molecular weight excluding hydrogens is 308 g/mol. The third kappa shape index (κ3) is 3.17. The molecule has 0 spiro atoms. The van der Waals surface area contributed by atoms with E-state index in [-0.39, 0.29) is 5.02 Å². The molecule has 1 aromatic heterocycles. The van der Waals surface area contributed by atoms with E-state index in [0.717, 1.165) is 10.9 Å². The van der Waals surface area contributed by atoms with Gasteiger partial charge in [0.1, 0.15) is 11.6 Å². The smallest absolute Gasteiger partial charge is 0.219 e. The molecule has 1 heterocycles. The van der Waals surface area contributed by atoms with E-state index in [4.69, 9.17) is 16.3 Å². The standard InChI is InChI=1S/C12H8BrClFNO/c13-6-8-1-4-12(16-7-8)17-9-2-3-10(14)11(15)5-9/h1-5,7H,6H2. The van der Waals surface area contributed by atoms with Crippen LogP contribution in [0.1, 0.15) is 5.56 Å². The molecule has 0 atom stereocenters. The van der Waals surface area contributed by atoms with E-state index in [0.29, 0.717) is 11.6 Å². The Morgan fingerprint density at radius 1 is 1.29 bits per heavy atom. The third-order valence-electron chi connectivity index (χ3n) is 2.07. The maximum absolute atomic E-state index is 13.2. The summed E-state index contributed by atoms with van der Waals surface area (Å²) in [5.74, 6) is 0.267. The first-order valence-corrected chi connectivity index (χ1v) is 6.33. The molecule has 17 heavy (non-hydrogen) atoms. The first kappa shape index (κ1) is 12.3. The molecule has 1 aromatic carbocycles. The summed E-state index contributed by atoms with van der Waals surface area (Å²) >= 11 is 8.89. The van der Waals surface area contributed by atoms with Gasteiger partial charge in [-0.3, -0.25) is 0 Å². The summed E-state index contributed by atoms with van der Waals surface area (Å²) in [6.45, 7) is 0. The van der Waals surface area contributed by atoms with Crippen LogP contribution in [0.4, 0.5) is 4.39 Å². The van der Waals surface area contributed by atoms with Gasteiger partial charge in [-0.1, -0.05) is 33.6 Å². The van der Waals surface area contributed by atoms with Crippen molar-refractivity contribution >= 4 is 27.5 Å². The second-order valence-corrected chi connectivity index (χ2v) is 4.28. The number of benzene rings is 1. The van der Waals surface area contributed by atoms with Gasteiger partial charge in [0.15, 0.2) is 0 Å². The zero-order chi connectivity index (χ0) is 12.3. The molecule has 0 bridgehead atoms. The van der Waals surface area contributed by atoms with Crippen LogP contribution in [0.15, 0.2) is 36.5 Å². The maximum Gasteiger partial charge on any atom is 0.219 e. The minimum Gasteiger partial charge on any atom is -0.439 e. The van der Waals surface area contributed by atoms with Crippen molar-refractivity contribution in [1.82, 2.24) is 4.98 Å². The Hall–Kier alpha value is -1.13. The van der Waals surface area contributed by atoms with Crippen molar-refractivity contribution in [3.8, 4) is 11.6 Å². The molecule has 2 aromatic rings. The second-order valence-electron chi connectivity index (χ2n) is 3.32. The van der Waals surface area contributed by atoms with Gasteiger partial charge in [0.2, 0.25) is 5.88 Å². The summed E-state index contributed by atoms with van der Waals surface area (Å²) in [5.41, 5.74) is 1.04. The van der Waals surface area contributed by atoms with E-state index in [2.05, 4.69) is 20.9 Å². The lowest BCUT2D eigenvalue weighted by molar-refractivity contribution is 0.458. The molecule has 0 saturated carbocycles. The van der Waals surface area contributed by atoms with Crippen molar-refractivity contribution in [1.29, 1.82) is 0 Å². The number of nitrogens with zero attached hydrogens (tertiary/aromatic N) is 1. The van der Waals surface area contributed by atoms with Gasteiger partial charge >= 0.3 is 0 Å². The molecule has 0 amide bonds. The predicted octanol–water partition coefficient (Wildman–Crippen LogP) is 4.56. The van der Waals surface area contributed by atoms with Crippen LogP contribution in [0.3, 0.4) is 0 Å². The lowest BCUT2D eigenvalue weighted by Crippen LogP contribution is -1.89. The third-order valence-corrected chi connectivity index (χ3v) is 3.02. The first-order chi connectivity index (χ1) is 8.19. The average molecular weight is 317 g/mol. The number of pyridine rings is 1. The van der Waals surface area contributed by atoms with Gasteiger partial charge in [-0.25, -0.2) is 9.37 Å². The minimum absolute atomic E-state index is 0.0694. The molecule has 0 unspecified atom stereocenters. The summed E-state index contributed by atoms with van der Waals surface area (Å²) in [6, 6.07) is 7.86. The number of aromatic nitrogens is 1. The normalized spacial score (nSPS) is 10.3. The molecule has 0 fully saturated rings. The van der Waals surface area contributed by atoms with Gasteiger partial charge < -0.3 is 4.74 Å². The van der Waals surface area contributed by atoms with E-state index in [1.165, 1.54) is 12.1 Å². The maximum atomic E-state index is 13.2. The highest BCUT2D eigenvalue weighted by atomic mass is 79.9. The van der Waals surface area contributed by atoms with Crippen LogP contribution in [0.25, 0.3) is 0 Å². The van der Waals surface area contributed by atoms with Crippen LogP contribution < -0.4 is 4.74 Å². The Morgan fingerprint density at radius 3 is 2.71 bits per heavy atom. The summed E-state index contributed by atoms with van der Waals surface area (Å²) in [5, 5.41) is 0.801. The van der Waals surface area contributed by atoms with E-state index in [1.807, 2.05) is 6.07 Å². The summed E-state index contributed by atoms with van der Waals surface area (Å²) in [6.07, 6.45) is 1.69. The highest BCUT2D eigenvalue weighted by Gasteiger charge is 2.03. The Morgan fingerprint density at radius 2 is 2.12 bits per heavy atom. The molecular formula is C12H8BrClFNO. The topological polar surface area (TPSA) is 22.1 Å². The fraction of sp³-hybridized carbons (Fsp3) is 0.0833. The van der Waals surface area contributed by atoms with Crippen LogP contribution in [0.5, 0.6) is 11.6 Å². The van der Waals surface area contributed by atoms with Crippen molar-refractivity contribution in [2.45, 2.75) is 5.33 Å². The summed E-state index contributed by atoms with van der Waals surface area (Å²) in [4.78, 5) is 4.09. The minimum atomic E-state index is -0.513. The summed E-state index contributed by atoms with van der Waals surface area (Å²) in [7, 11) is 0. The van der Waals surface area contributed by atoms with E-state index in [9.17, 15) is 4.39 Å². The fourth-order valence-corrected chi connectivity index (χ4v) is 1.66. The van der Waals surface area contributed by atoms with Crippen molar-refractivity contribution in [2.75, 3.05) is 0 Å². The number of ether oxygens (including phenoxy) is 1. The van der Waals surface area contributed by atoms with Gasteiger partial charge in [-0.05, 0) is 17.7 Å².